The molecule has 1 N–H and O–H groups in total. The summed E-state index contributed by atoms with van der Waals surface area (Å²) < 4.78 is 51.1. The van der Waals surface area contributed by atoms with Crippen molar-refractivity contribution in [3.8, 4) is 22.6 Å². The Kier molecular flexibility index (Phi) is 8.23. The summed E-state index contributed by atoms with van der Waals surface area (Å²) in [4.78, 5) is 13.6. The number of nitrogens with zero attached hydrogens (tertiary/aromatic N) is 3. The number of carbonyl (C=O) groups is 1. The summed E-state index contributed by atoms with van der Waals surface area (Å²) in [7, 11) is 1.59. The van der Waals surface area contributed by atoms with Crippen molar-refractivity contribution in [1.29, 1.82) is 0 Å². The number of rotatable bonds is 11. The zero-order valence-corrected chi connectivity index (χ0v) is 22.4. The van der Waals surface area contributed by atoms with E-state index < -0.39 is 18.7 Å². The predicted molar refractivity (Wildman–Crippen MR) is 145 cm³/mol. The van der Waals surface area contributed by atoms with Crippen LogP contribution >= 0.6 is 0 Å². The van der Waals surface area contributed by atoms with Gasteiger partial charge in [-0.25, -0.2) is 0 Å². The molecule has 0 spiro atoms. The van der Waals surface area contributed by atoms with Crippen molar-refractivity contribution in [3.63, 3.8) is 0 Å². The maximum atomic E-state index is 12.8. The van der Waals surface area contributed by atoms with Crippen LogP contribution in [0.1, 0.15) is 43.6 Å². The monoisotopic (exact) mass is 557 g/mol. The molecule has 3 aromatic rings. The van der Waals surface area contributed by atoms with E-state index in [4.69, 9.17) is 9.47 Å². The molecular weight excluding hydrogens is 523 g/mol. The molecule has 0 radical (unpaired) electrons. The highest BCUT2D eigenvalue weighted by atomic mass is 19.4. The maximum absolute atomic E-state index is 12.8. The highest BCUT2D eigenvalue weighted by molar-refractivity contribution is 5.79. The highest BCUT2D eigenvalue weighted by Gasteiger charge is 2.34. The van der Waals surface area contributed by atoms with Crippen molar-refractivity contribution in [1.82, 2.24) is 9.78 Å². The van der Waals surface area contributed by atoms with Crippen molar-refractivity contribution in [2.45, 2.75) is 50.7 Å². The second kappa shape index (κ2) is 11.8. The summed E-state index contributed by atoms with van der Waals surface area (Å²) in [5, 5.41) is 13.3. The van der Waals surface area contributed by atoms with Crippen LogP contribution in [-0.4, -0.2) is 53.8 Å². The average molecular weight is 558 g/mol. The Morgan fingerprint density at radius 2 is 1.88 bits per heavy atom. The Hall–Kier alpha value is -3.69. The van der Waals surface area contributed by atoms with E-state index in [9.17, 15) is 23.1 Å². The van der Waals surface area contributed by atoms with Crippen LogP contribution in [0, 0.1) is 11.8 Å². The van der Waals surface area contributed by atoms with E-state index >= 15 is 0 Å². The smallest absolute Gasteiger partial charge is 0.408 e. The van der Waals surface area contributed by atoms with Gasteiger partial charge >= 0.3 is 12.1 Å². The highest BCUT2D eigenvalue weighted by Crippen LogP contribution is 2.45. The number of hydrogen-bond acceptors (Lipinski definition) is 5. The molecule has 1 atom stereocenters. The summed E-state index contributed by atoms with van der Waals surface area (Å²) >= 11 is 0. The summed E-state index contributed by atoms with van der Waals surface area (Å²) in [6, 6.07) is 13.4. The molecule has 10 heteroatoms. The Bertz CT molecular complexity index is 1310. The normalized spacial score (nSPS) is 17.1. The van der Waals surface area contributed by atoms with Gasteiger partial charge in [0.1, 0.15) is 18.0 Å². The molecule has 2 heterocycles. The van der Waals surface area contributed by atoms with Crippen LogP contribution in [0.2, 0.25) is 0 Å². The van der Waals surface area contributed by atoms with E-state index in [1.54, 1.807) is 13.2 Å². The maximum Gasteiger partial charge on any atom is 0.408 e. The number of ether oxygens (including phenoxy) is 2. The molecule has 2 aliphatic rings. The Labute approximate surface area is 231 Å². The lowest BCUT2D eigenvalue weighted by Gasteiger charge is -2.34. The van der Waals surface area contributed by atoms with Crippen LogP contribution in [0.25, 0.3) is 11.1 Å². The largest absolute Gasteiger partial charge is 0.497 e. The third-order valence-electron chi connectivity index (χ3n) is 7.80. The quantitative estimate of drug-likeness (QED) is 0.295. The first-order valence-electron chi connectivity index (χ1n) is 13.7. The van der Waals surface area contributed by atoms with Gasteiger partial charge in [-0.3, -0.25) is 9.48 Å². The number of alkyl halides is 3. The van der Waals surface area contributed by atoms with Crippen molar-refractivity contribution < 1.29 is 32.5 Å². The first-order chi connectivity index (χ1) is 19.2. The van der Waals surface area contributed by atoms with Crippen LogP contribution in [0.3, 0.4) is 0 Å². The Morgan fingerprint density at radius 1 is 1.10 bits per heavy atom. The molecule has 1 saturated carbocycles. The van der Waals surface area contributed by atoms with E-state index in [1.807, 2.05) is 36.4 Å². The van der Waals surface area contributed by atoms with Crippen LogP contribution < -0.4 is 14.4 Å². The van der Waals surface area contributed by atoms with Crippen molar-refractivity contribution >= 4 is 11.7 Å². The SMILES string of the molecule is COc1ccc(-c2cnn(CC(F)(F)F)c2)c(N2CCC(COc3cccc([C@@H](CC(=O)O)C4CC4)c3)CC2)c1. The van der Waals surface area contributed by atoms with Gasteiger partial charge in [0.05, 0.1) is 26.3 Å². The number of carboxylic acids is 1. The Morgan fingerprint density at radius 3 is 2.55 bits per heavy atom. The Balaban J connectivity index is 1.22. The number of anilines is 1. The van der Waals surface area contributed by atoms with E-state index in [0.29, 0.717) is 29.8 Å². The fourth-order valence-corrected chi connectivity index (χ4v) is 5.55. The molecule has 214 valence electrons. The molecule has 2 aromatic carbocycles. The number of aromatic nitrogens is 2. The molecule has 0 amide bonds. The molecule has 40 heavy (non-hydrogen) atoms. The van der Waals surface area contributed by atoms with Crippen LogP contribution in [0.15, 0.2) is 54.9 Å². The number of carboxylic acid groups (broad SMARTS) is 1. The number of methoxy groups -OCH3 is 1. The minimum atomic E-state index is -4.34. The number of hydrogen-bond donors (Lipinski definition) is 1. The van der Waals surface area contributed by atoms with E-state index in [1.165, 1.54) is 12.4 Å². The lowest BCUT2D eigenvalue weighted by Crippen LogP contribution is -2.35. The minimum absolute atomic E-state index is 0.0296. The van der Waals surface area contributed by atoms with Crippen molar-refractivity contribution in [3.05, 3.63) is 60.4 Å². The number of aliphatic carboxylic acids is 1. The molecule has 1 aliphatic heterocycles. The molecule has 0 unspecified atom stereocenters. The van der Waals surface area contributed by atoms with Crippen LogP contribution in [0.4, 0.5) is 18.9 Å². The second-order valence-corrected chi connectivity index (χ2v) is 10.8. The molecular formula is C30H34F3N3O4. The first-order valence-corrected chi connectivity index (χ1v) is 13.7. The van der Waals surface area contributed by atoms with E-state index in [-0.39, 0.29) is 12.3 Å². The minimum Gasteiger partial charge on any atom is -0.497 e. The van der Waals surface area contributed by atoms with Gasteiger partial charge in [0, 0.05) is 42.2 Å². The number of halogens is 3. The average Bonchev–Trinajstić information content (AvgIpc) is 3.68. The lowest BCUT2D eigenvalue weighted by atomic mass is 9.91. The zero-order valence-electron chi connectivity index (χ0n) is 22.4. The van der Waals surface area contributed by atoms with Crippen LogP contribution in [-0.2, 0) is 11.3 Å². The van der Waals surface area contributed by atoms with Crippen LogP contribution in [0.5, 0.6) is 11.5 Å². The van der Waals surface area contributed by atoms with Gasteiger partial charge in [0.15, 0.2) is 0 Å². The predicted octanol–water partition coefficient (Wildman–Crippen LogP) is 6.38. The lowest BCUT2D eigenvalue weighted by molar-refractivity contribution is -0.142. The summed E-state index contributed by atoms with van der Waals surface area (Å²) in [6.45, 7) is 0.980. The third kappa shape index (κ3) is 7.08. The molecule has 0 bridgehead atoms. The summed E-state index contributed by atoms with van der Waals surface area (Å²) in [5.74, 6) is 1.49. The second-order valence-electron chi connectivity index (χ2n) is 10.8. The standard InChI is InChI=1S/C30H34F3N3O4/c1-39-24-7-8-26(23-16-34-36(17-23)19-30(31,32)33)28(14-24)35-11-9-20(10-12-35)18-40-25-4-2-3-22(13-25)27(15-29(37)38)21-5-6-21/h2-4,7-8,13-14,16-17,20-21,27H,5-6,9-12,15,18-19H2,1H3,(H,37,38)/t27-/m0/s1. The third-order valence-corrected chi connectivity index (χ3v) is 7.80. The molecule has 1 aromatic heterocycles. The summed E-state index contributed by atoms with van der Waals surface area (Å²) in [5.41, 5.74) is 3.37. The first kappa shape index (κ1) is 27.9. The molecule has 2 fully saturated rings. The van der Waals surface area contributed by atoms with Gasteiger partial charge in [0.25, 0.3) is 0 Å². The van der Waals surface area contributed by atoms with Gasteiger partial charge < -0.3 is 19.5 Å². The van der Waals surface area contributed by atoms with Crippen molar-refractivity contribution in [2.24, 2.45) is 11.8 Å². The van der Waals surface area contributed by atoms with Gasteiger partial charge in [0.2, 0.25) is 0 Å². The van der Waals surface area contributed by atoms with Gasteiger partial charge in [-0.1, -0.05) is 12.1 Å². The fourth-order valence-electron chi connectivity index (χ4n) is 5.55. The zero-order chi connectivity index (χ0) is 28.3. The number of piperidine rings is 1. The fraction of sp³-hybridized carbons (Fsp3) is 0.467. The van der Waals surface area contributed by atoms with E-state index in [0.717, 1.165) is 66.0 Å². The summed E-state index contributed by atoms with van der Waals surface area (Å²) in [6.07, 6.45) is 2.64. The molecule has 1 saturated heterocycles. The molecule has 7 nitrogen and oxygen atoms in total. The molecule has 1 aliphatic carbocycles. The topological polar surface area (TPSA) is 76.8 Å². The number of benzene rings is 2. The van der Waals surface area contributed by atoms with Crippen molar-refractivity contribution in [2.75, 3.05) is 31.7 Å². The molecule has 5 rings (SSSR count). The van der Waals surface area contributed by atoms with E-state index in [2.05, 4.69) is 10.00 Å². The van der Waals surface area contributed by atoms with Gasteiger partial charge in [-0.05, 0) is 73.3 Å². The van der Waals surface area contributed by atoms with Gasteiger partial charge in [-0.2, -0.15) is 18.3 Å². The van der Waals surface area contributed by atoms with Gasteiger partial charge in [-0.15, -0.1) is 0 Å².